The second-order valence-corrected chi connectivity index (χ2v) is 9.89. The topological polar surface area (TPSA) is 88.5 Å². The van der Waals surface area contributed by atoms with E-state index in [9.17, 15) is 14.6 Å². The van der Waals surface area contributed by atoms with Crippen LogP contribution in [0.5, 0.6) is 0 Å². The van der Waals surface area contributed by atoms with Gasteiger partial charge in [-0.1, -0.05) is 77.6 Å². The molecule has 0 aromatic carbocycles. The van der Waals surface area contributed by atoms with Gasteiger partial charge in [0.15, 0.2) is 0 Å². The molecule has 0 aromatic rings. The van der Waals surface area contributed by atoms with Crippen molar-refractivity contribution in [2.24, 2.45) is 0 Å². The van der Waals surface area contributed by atoms with Gasteiger partial charge in [-0.2, -0.15) is 0 Å². The number of unbranched alkanes of at least 4 members (excludes halogenated alkanes) is 12. The molecule has 31 heavy (non-hydrogen) atoms. The van der Waals surface area contributed by atoms with Crippen molar-refractivity contribution >= 4 is 7.82 Å². The molecule has 0 bridgehead atoms. The van der Waals surface area contributed by atoms with Gasteiger partial charge < -0.3 is 19.6 Å². The Morgan fingerprint density at radius 3 is 1.97 bits per heavy atom. The molecule has 0 aliphatic heterocycles. The molecule has 8 heteroatoms. The Bertz CT molecular complexity index is 461. The molecule has 0 fully saturated rings. The summed E-state index contributed by atoms with van der Waals surface area (Å²) >= 11 is 0. The standard InChI is InChI=1S/C23H48NO6P/c1-4-5-6-7-8-9-10-11-12-13-14-15-16-17-19-28-21-23(25)22-30-31(26,27)29-20-18-24(2)3/h17,19,23,25H,4-16,18,20-22H2,1-3H3,(H,26,27). The lowest BCUT2D eigenvalue weighted by molar-refractivity contribution is 0.0302. The van der Waals surface area contributed by atoms with E-state index in [2.05, 4.69) is 6.92 Å². The Hall–Kier alpha value is -0.430. The van der Waals surface area contributed by atoms with Gasteiger partial charge in [0.25, 0.3) is 0 Å². The number of allylic oxidation sites excluding steroid dienone is 1. The summed E-state index contributed by atoms with van der Waals surface area (Å²) in [5.74, 6) is 0. The van der Waals surface area contributed by atoms with Crippen LogP contribution in [0.4, 0.5) is 0 Å². The smallest absolute Gasteiger partial charge is 0.472 e. The van der Waals surface area contributed by atoms with Crippen molar-refractivity contribution in [1.29, 1.82) is 0 Å². The van der Waals surface area contributed by atoms with E-state index in [1.165, 1.54) is 70.6 Å². The number of aliphatic hydroxyl groups is 1. The maximum atomic E-state index is 11.6. The predicted molar refractivity (Wildman–Crippen MR) is 127 cm³/mol. The number of nitrogens with zero attached hydrogens (tertiary/aromatic N) is 1. The molecule has 0 heterocycles. The van der Waals surface area contributed by atoms with Crippen LogP contribution in [0, 0.1) is 0 Å². The average molecular weight is 466 g/mol. The number of hydrogen-bond acceptors (Lipinski definition) is 6. The van der Waals surface area contributed by atoms with Crippen LogP contribution in [0.1, 0.15) is 90.4 Å². The van der Waals surface area contributed by atoms with E-state index in [1.807, 2.05) is 25.1 Å². The van der Waals surface area contributed by atoms with Gasteiger partial charge in [0.05, 0.1) is 19.5 Å². The fraction of sp³-hybridized carbons (Fsp3) is 0.913. The Morgan fingerprint density at radius 1 is 0.871 bits per heavy atom. The zero-order chi connectivity index (χ0) is 23.2. The minimum absolute atomic E-state index is 0.00659. The lowest BCUT2D eigenvalue weighted by Crippen LogP contribution is -2.21. The SMILES string of the molecule is CCCCCCCCCCCCCCC=COCC(O)COP(=O)(O)OCCN(C)C. The molecule has 0 aliphatic rings. The summed E-state index contributed by atoms with van der Waals surface area (Å²) in [6, 6.07) is 0. The molecule has 0 radical (unpaired) electrons. The number of aliphatic hydroxyl groups excluding tert-OH is 1. The van der Waals surface area contributed by atoms with Gasteiger partial charge in [0, 0.05) is 6.54 Å². The van der Waals surface area contributed by atoms with Crippen molar-refractivity contribution < 1.29 is 28.3 Å². The van der Waals surface area contributed by atoms with Crippen LogP contribution >= 0.6 is 7.82 Å². The number of ether oxygens (including phenoxy) is 1. The minimum Gasteiger partial charge on any atom is -0.499 e. The molecule has 0 aromatic heterocycles. The Balaban J connectivity index is 3.45. The summed E-state index contributed by atoms with van der Waals surface area (Å²) in [6.07, 6.45) is 19.5. The van der Waals surface area contributed by atoms with Crippen molar-refractivity contribution in [3.63, 3.8) is 0 Å². The molecule has 0 saturated heterocycles. The second kappa shape index (κ2) is 21.4. The minimum atomic E-state index is -4.14. The average Bonchev–Trinajstić information content (AvgIpc) is 2.71. The van der Waals surface area contributed by atoms with Crippen LogP contribution in [-0.2, 0) is 18.3 Å². The maximum Gasteiger partial charge on any atom is 0.472 e. The van der Waals surface area contributed by atoms with E-state index >= 15 is 0 Å². The van der Waals surface area contributed by atoms with E-state index < -0.39 is 13.9 Å². The first kappa shape index (κ1) is 30.6. The van der Waals surface area contributed by atoms with Crippen LogP contribution in [0.2, 0.25) is 0 Å². The first-order valence-electron chi connectivity index (χ1n) is 12.1. The van der Waals surface area contributed by atoms with Gasteiger partial charge >= 0.3 is 7.82 Å². The van der Waals surface area contributed by atoms with E-state index in [1.54, 1.807) is 6.26 Å². The van der Waals surface area contributed by atoms with E-state index in [0.717, 1.165) is 12.8 Å². The number of likely N-dealkylation sites (N-methyl/N-ethyl adjacent to an activating group) is 1. The largest absolute Gasteiger partial charge is 0.499 e. The summed E-state index contributed by atoms with van der Waals surface area (Å²) < 4.78 is 26.5. The predicted octanol–water partition coefficient (Wildman–Crippen LogP) is 5.66. The Morgan fingerprint density at radius 2 is 1.42 bits per heavy atom. The van der Waals surface area contributed by atoms with Gasteiger partial charge in [-0.05, 0) is 33.0 Å². The van der Waals surface area contributed by atoms with Gasteiger partial charge in [-0.3, -0.25) is 9.05 Å². The Labute approximate surface area is 190 Å². The molecular formula is C23H48NO6P. The summed E-state index contributed by atoms with van der Waals surface area (Å²) in [5, 5.41) is 9.76. The van der Waals surface area contributed by atoms with Gasteiger partial charge in [0.2, 0.25) is 0 Å². The first-order chi connectivity index (χ1) is 14.9. The molecular weight excluding hydrogens is 417 g/mol. The quantitative estimate of drug-likeness (QED) is 0.114. The van der Waals surface area contributed by atoms with Gasteiger partial charge in [0.1, 0.15) is 12.7 Å². The number of phosphoric ester groups is 1. The van der Waals surface area contributed by atoms with Crippen LogP contribution in [0.15, 0.2) is 12.3 Å². The third-order valence-corrected chi connectivity index (χ3v) is 5.91. The number of phosphoric acid groups is 1. The summed E-state index contributed by atoms with van der Waals surface area (Å²) in [5.41, 5.74) is 0. The maximum absolute atomic E-state index is 11.6. The van der Waals surface area contributed by atoms with E-state index in [0.29, 0.717) is 6.54 Å². The molecule has 0 saturated carbocycles. The van der Waals surface area contributed by atoms with Gasteiger partial charge in [-0.25, -0.2) is 4.57 Å². The highest BCUT2D eigenvalue weighted by atomic mass is 31.2. The van der Waals surface area contributed by atoms with Crippen molar-refractivity contribution in [2.45, 2.75) is 96.5 Å². The molecule has 0 amide bonds. The lowest BCUT2D eigenvalue weighted by Gasteiger charge is -2.16. The highest BCUT2D eigenvalue weighted by Crippen LogP contribution is 2.42. The molecule has 0 rings (SSSR count). The third kappa shape index (κ3) is 24.1. The zero-order valence-electron chi connectivity index (χ0n) is 20.2. The monoisotopic (exact) mass is 465 g/mol. The highest BCUT2D eigenvalue weighted by Gasteiger charge is 2.22. The molecule has 0 aliphatic carbocycles. The van der Waals surface area contributed by atoms with Crippen LogP contribution < -0.4 is 0 Å². The normalized spacial score (nSPS) is 14.9. The van der Waals surface area contributed by atoms with Crippen molar-refractivity contribution in [2.75, 3.05) is 40.5 Å². The number of rotatable bonds is 23. The summed E-state index contributed by atoms with van der Waals surface area (Å²) in [4.78, 5) is 11.3. The van der Waals surface area contributed by atoms with Gasteiger partial charge in [-0.15, -0.1) is 0 Å². The number of hydrogen-bond donors (Lipinski definition) is 2. The zero-order valence-corrected chi connectivity index (χ0v) is 21.1. The first-order valence-corrected chi connectivity index (χ1v) is 13.6. The van der Waals surface area contributed by atoms with Crippen molar-refractivity contribution in [3.8, 4) is 0 Å². The third-order valence-electron chi connectivity index (χ3n) is 4.93. The van der Waals surface area contributed by atoms with Crippen molar-refractivity contribution in [1.82, 2.24) is 4.90 Å². The fourth-order valence-electron chi connectivity index (χ4n) is 3.01. The second-order valence-electron chi connectivity index (χ2n) is 8.44. The van der Waals surface area contributed by atoms with Crippen molar-refractivity contribution in [3.05, 3.63) is 12.3 Å². The molecule has 0 spiro atoms. The Kier molecular flexibility index (Phi) is 21.1. The molecule has 186 valence electrons. The fourth-order valence-corrected chi connectivity index (χ4v) is 3.76. The van der Waals surface area contributed by atoms with E-state index in [-0.39, 0.29) is 19.8 Å². The molecule has 2 unspecified atom stereocenters. The lowest BCUT2D eigenvalue weighted by atomic mass is 10.0. The highest BCUT2D eigenvalue weighted by molar-refractivity contribution is 7.47. The van der Waals surface area contributed by atoms with Crippen LogP contribution in [0.25, 0.3) is 0 Å². The van der Waals surface area contributed by atoms with Crippen LogP contribution in [-0.4, -0.2) is 61.5 Å². The molecule has 7 nitrogen and oxygen atoms in total. The van der Waals surface area contributed by atoms with E-state index in [4.69, 9.17) is 13.8 Å². The molecule has 2 N–H and O–H groups in total. The molecule has 2 atom stereocenters. The summed E-state index contributed by atoms with van der Waals surface area (Å²) in [7, 11) is -0.474. The van der Waals surface area contributed by atoms with Crippen LogP contribution in [0.3, 0.4) is 0 Å². The summed E-state index contributed by atoms with van der Waals surface area (Å²) in [6.45, 7) is 2.53.